The molecular formula is C32H34ClN3O6S. The van der Waals surface area contributed by atoms with E-state index in [0.717, 1.165) is 17.5 Å². The first-order valence-corrected chi connectivity index (χ1v) is 16.1. The fourth-order valence-electron chi connectivity index (χ4n) is 6.56. The lowest BCUT2D eigenvalue weighted by Gasteiger charge is -2.36. The van der Waals surface area contributed by atoms with Crippen LogP contribution in [0.25, 0.3) is 11.1 Å². The largest absolute Gasteiger partial charge is 0.480 e. The molecule has 2 unspecified atom stereocenters. The lowest BCUT2D eigenvalue weighted by Crippen LogP contribution is -2.49. The second kappa shape index (κ2) is 11.7. The Labute approximate surface area is 256 Å². The van der Waals surface area contributed by atoms with Gasteiger partial charge >= 0.3 is 12.0 Å². The van der Waals surface area contributed by atoms with E-state index in [-0.39, 0.29) is 18.1 Å². The molecule has 0 radical (unpaired) electrons. The van der Waals surface area contributed by atoms with E-state index in [1.807, 2.05) is 32.0 Å². The van der Waals surface area contributed by atoms with E-state index in [2.05, 4.69) is 15.4 Å². The van der Waals surface area contributed by atoms with E-state index in [9.17, 15) is 27.9 Å². The molecule has 2 aliphatic rings. The highest BCUT2D eigenvalue weighted by atomic mass is 35.5. The van der Waals surface area contributed by atoms with Crippen molar-refractivity contribution in [3.63, 3.8) is 0 Å². The summed E-state index contributed by atoms with van der Waals surface area (Å²) in [7, 11) is -4.06. The molecule has 0 aromatic heterocycles. The third-order valence-electron chi connectivity index (χ3n) is 9.17. The topological polar surface area (TPSA) is 142 Å². The molecule has 0 saturated heterocycles. The van der Waals surface area contributed by atoms with Gasteiger partial charge in [-0.2, -0.15) is 0 Å². The first-order chi connectivity index (χ1) is 20.3. The number of halogens is 1. The summed E-state index contributed by atoms with van der Waals surface area (Å²) in [6, 6.07) is 19.4. The molecule has 0 aliphatic heterocycles. The number of amides is 2. The van der Waals surface area contributed by atoms with Crippen molar-refractivity contribution in [3.05, 3.63) is 83.4 Å². The molecule has 2 amide bonds. The number of rotatable bonds is 10. The van der Waals surface area contributed by atoms with Crippen LogP contribution in [0.4, 0.5) is 16.2 Å². The molecule has 3 aromatic rings. The minimum absolute atomic E-state index is 0.0397. The molecule has 3 aromatic carbocycles. The second-order valence-electron chi connectivity index (χ2n) is 12.0. The number of anilines is 2. The first kappa shape index (κ1) is 30.7. The molecule has 43 heavy (non-hydrogen) atoms. The quantitative estimate of drug-likeness (QED) is 0.219. The van der Waals surface area contributed by atoms with E-state index in [4.69, 9.17) is 11.6 Å². The van der Waals surface area contributed by atoms with Crippen LogP contribution in [0.15, 0.2) is 72.8 Å². The zero-order valence-electron chi connectivity index (χ0n) is 23.9. The van der Waals surface area contributed by atoms with Gasteiger partial charge in [-0.1, -0.05) is 74.0 Å². The van der Waals surface area contributed by atoms with Crippen molar-refractivity contribution in [2.45, 2.75) is 45.6 Å². The summed E-state index contributed by atoms with van der Waals surface area (Å²) >= 11 is 6.11. The number of Topliss-reactive ketones (excluding diaryl/α,β-unsaturated/α-hetero) is 1. The Bertz CT molecular complexity index is 1670. The zero-order chi connectivity index (χ0) is 31.0. The fraction of sp³-hybridized carbons (Fsp3) is 0.344. The van der Waals surface area contributed by atoms with Gasteiger partial charge in [0.25, 0.3) is 0 Å². The number of carboxylic acids is 1. The molecule has 2 aliphatic carbocycles. The molecule has 226 valence electrons. The maximum absolute atomic E-state index is 13.2. The van der Waals surface area contributed by atoms with E-state index in [1.54, 1.807) is 54.6 Å². The molecule has 2 bridgehead atoms. The van der Waals surface area contributed by atoms with Crippen LogP contribution in [-0.2, 0) is 26.0 Å². The maximum atomic E-state index is 13.2. The Hall–Kier alpha value is -3.73. The number of aliphatic carboxylic acids is 1. The molecule has 0 heterocycles. The van der Waals surface area contributed by atoms with Crippen LogP contribution in [0, 0.1) is 16.7 Å². The number of urea groups is 1. The maximum Gasteiger partial charge on any atom is 0.323 e. The minimum atomic E-state index is -4.06. The summed E-state index contributed by atoms with van der Waals surface area (Å²) < 4.78 is 28.8. The van der Waals surface area contributed by atoms with Crippen LogP contribution in [0.2, 0.25) is 5.02 Å². The number of benzene rings is 3. The number of carbonyl (C=O) groups excluding carboxylic acids is 2. The molecule has 2 saturated carbocycles. The van der Waals surface area contributed by atoms with Crippen molar-refractivity contribution in [1.82, 2.24) is 4.72 Å². The average molecular weight is 624 g/mol. The number of ketones is 1. The zero-order valence-corrected chi connectivity index (χ0v) is 25.5. The third kappa shape index (κ3) is 6.32. The van der Waals surface area contributed by atoms with Gasteiger partial charge in [0.15, 0.2) is 0 Å². The molecule has 0 spiro atoms. The SMILES string of the molecule is CC1(C)C2CCC1(CS(=O)(=O)N[C@@H](Cc1ccc(-c3cccc(NC(=O)Nc4ccccc4Cl)c3)cc1)C(=O)O)C(=O)C2. The Balaban J connectivity index is 1.24. The highest BCUT2D eigenvalue weighted by Crippen LogP contribution is 2.64. The van der Waals surface area contributed by atoms with Crippen molar-refractivity contribution in [1.29, 1.82) is 0 Å². The van der Waals surface area contributed by atoms with E-state index >= 15 is 0 Å². The summed E-state index contributed by atoms with van der Waals surface area (Å²) in [5.41, 5.74) is 1.89. The second-order valence-corrected chi connectivity index (χ2v) is 14.1. The van der Waals surface area contributed by atoms with Crippen LogP contribution in [0.1, 0.15) is 38.7 Å². The number of para-hydroxylation sites is 1. The van der Waals surface area contributed by atoms with Crippen LogP contribution < -0.4 is 15.4 Å². The Kier molecular flexibility index (Phi) is 8.39. The number of nitrogens with one attached hydrogen (secondary N) is 3. The van der Waals surface area contributed by atoms with Crippen molar-refractivity contribution in [2.24, 2.45) is 16.7 Å². The van der Waals surface area contributed by atoms with Gasteiger partial charge in [-0.05, 0) is 71.6 Å². The van der Waals surface area contributed by atoms with Crippen LogP contribution in [-0.4, -0.2) is 43.1 Å². The lowest BCUT2D eigenvalue weighted by molar-refractivity contribution is -0.138. The van der Waals surface area contributed by atoms with Gasteiger partial charge in [-0.3, -0.25) is 9.59 Å². The molecule has 4 N–H and O–H groups in total. The molecule has 2 fully saturated rings. The predicted molar refractivity (Wildman–Crippen MR) is 167 cm³/mol. The summed E-state index contributed by atoms with van der Waals surface area (Å²) in [4.78, 5) is 37.4. The van der Waals surface area contributed by atoms with Gasteiger partial charge in [0.05, 0.1) is 16.5 Å². The van der Waals surface area contributed by atoms with Crippen molar-refractivity contribution in [3.8, 4) is 11.1 Å². The standard InChI is InChI=1S/C32H34ClN3O6S/c1-31(2)23-14-15-32(31,28(37)18-23)19-43(41,42)36-27(29(38)39)16-20-10-12-21(13-11-20)22-6-5-7-24(17-22)34-30(40)35-26-9-4-3-8-25(26)33/h3-13,17,23,27,36H,14-16,18-19H2,1-2H3,(H,38,39)(H2,34,35,40)/t23?,27-,32?/m0/s1. The lowest BCUT2D eigenvalue weighted by atomic mass is 9.70. The molecular weight excluding hydrogens is 590 g/mol. The number of fused-ring (bicyclic) bond motifs is 2. The number of carbonyl (C=O) groups is 3. The number of sulfonamides is 1. The Morgan fingerprint density at radius 2 is 1.72 bits per heavy atom. The van der Waals surface area contributed by atoms with Gasteiger partial charge in [-0.15, -0.1) is 0 Å². The smallest absolute Gasteiger partial charge is 0.323 e. The summed E-state index contributed by atoms with van der Waals surface area (Å²) in [5, 5.41) is 15.8. The highest BCUT2D eigenvalue weighted by Gasteiger charge is 2.65. The van der Waals surface area contributed by atoms with Crippen LogP contribution >= 0.6 is 11.6 Å². The van der Waals surface area contributed by atoms with Crippen molar-refractivity contribution >= 4 is 50.8 Å². The van der Waals surface area contributed by atoms with E-state index < -0.39 is 44.6 Å². The van der Waals surface area contributed by atoms with Gasteiger partial charge in [0.2, 0.25) is 10.0 Å². The van der Waals surface area contributed by atoms with Crippen molar-refractivity contribution < 1.29 is 27.9 Å². The van der Waals surface area contributed by atoms with Crippen LogP contribution in [0.3, 0.4) is 0 Å². The number of hydrogen-bond acceptors (Lipinski definition) is 5. The fourth-order valence-corrected chi connectivity index (χ4v) is 8.77. The van der Waals surface area contributed by atoms with Gasteiger partial charge in [0.1, 0.15) is 11.8 Å². The van der Waals surface area contributed by atoms with Gasteiger partial charge in [-0.25, -0.2) is 17.9 Å². The summed E-state index contributed by atoms with van der Waals surface area (Å²) in [5.74, 6) is -1.57. The summed E-state index contributed by atoms with van der Waals surface area (Å²) in [6.45, 7) is 3.89. The number of hydrogen-bond donors (Lipinski definition) is 4. The van der Waals surface area contributed by atoms with Gasteiger partial charge < -0.3 is 15.7 Å². The number of carboxylic acid groups (broad SMARTS) is 1. The van der Waals surface area contributed by atoms with E-state index in [1.165, 1.54) is 0 Å². The normalized spacial score (nSPS) is 21.4. The predicted octanol–water partition coefficient (Wildman–Crippen LogP) is 5.96. The molecule has 9 nitrogen and oxygen atoms in total. The molecule has 11 heteroatoms. The van der Waals surface area contributed by atoms with Gasteiger partial charge in [0, 0.05) is 17.5 Å². The monoisotopic (exact) mass is 623 g/mol. The first-order valence-electron chi connectivity index (χ1n) is 14.1. The minimum Gasteiger partial charge on any atom is -0.480 e. The molecule has 5 rings (SSSR count). The van der Waals surface area contributed by atoms with Crippen molar-refractivity contribution in [2.75, 3.05) is 16.4 Å². The van der Waals surface area contributed by atoms with Crippen LogP contribution in [0.5, 0.6) is 0 Å². The average Bonchev–Trinajstić information content (AvgIpc) is 3.28. The molecule has 3 atom stereocenters. The Morgan fingerprint density at radius 1 is 1.00 bits per heavy atom. The third-order valence-corrected chi connectivity index (χ3v) is 11.0. The van der Waals surface area contributed by atoms with E-state index in [0.29, 0.717) is 34.8 Å². The highest BCUT2D eigenvalue weighted by molar-refractivity contribution is 7.89. The summed E-state index contributed by atoms with van der Waals surface area (Å²) in [6.07, 6.45) is 1.63. The Morgan fingerprint density at radius 3 is 2.35 bits per heavy atom.